The van der Waals surface area contributed by atoms with Crippen molar-refractivity contribution in [2.75, 3.05) is 31.1 Å². The number of rotatable bonds is 4. The first-order chi connectivity index (χ1) is 13.9. The zero-order chi connectivity index (χ0) is 18.8. The molecule has 1 aromatic carbocycles. The van der Waals surface area contributed by atoms with E-state index in [0.717, 1.165) is 49.9 Å². The lowest BCUT2D eigenvalue weighted by molar-refractivity contribution is 0.186. The van der Waals surface area contributed by atoms with Crippen LogP contribution in [0.15, 0.2) is 30.3 Å². The SMILES string of the molecule is c1ccc(-c2nc3c(c(N4CCCC4)n2)CN(CC2CCCCC2)CC3)cc1. The molecule has 0 radical (unpaired) electrons. The lowest BCUT2D eigenvalue weighted by atomic mass is 9.88. The van der Waals surface area contributed by atoms with Crippen LogP contribution in [-0.2, 0) is 13.0 Å². The fourth-order valence-electron chi connectivity index (χ4n) is 5.25. The topological polar surface area (TPSA) is 32.3 Å². The number of fused-ring (bicyclic) bond motifs is 1. The van der Waals surface area contributed by atoms with Crippen LogP contribution in [-0.4, -0.2) is 41.0 Å². The Labute approximate surface area is 169 Å². The maximum absolute atomic E-state index is 5.11. The number of hydrogen-bond donors (Lipinski definition) is 0. The van der Waals surface area contributed by atoms with Gasteiger partial charge in [-0.2, -0.15) is 0 Å². The number of aromatic nitrogens is 2. The molecule has 0 unspecified atom stereocenters. The van der Waals surface area contributed by atoms with Crippen molar-refractivity contribution in [3.8, 4) is 11.4 Å². The van der Waals surface area contributed by atoms with Crippen molar-refractivity contribution >= 4 is 5.82 Å². The summed E-state index contributed by atoms with van der Waals surface area (Å²) in [6, 6.07) is 10.5. The Kier molecular flexibility index (Phi) is 5.30. The Morgan fingerprint density at radius 3 is 2.43 bits per heavy atom. The smallest absolute Gasteiger partial charge is 0.161 e. The molecule has 3 heterocycles. The minimum atomic E-state index is 0.898. The van der Waals surface area contributed by atoms with E-state index in [0.29, 0.717) is 0 Å². The Morgan fingerprint density at radius 2 is 1.64 bits per heavy atom. The molecular formula is C24H32N4. The van der Waals surface area contributed by atoms with Gasteiger partial charge in [-0.1, -0.05) is 49.6 Å². The zero-order valence-corrected chi connectivity index (χ0v) is 16.9. The zero-order valence-electron chi connectivity index (χ0n) is 16.9. The highest BCUT2D eigenvalue weighted by Gasteiger charge is 2.28. The summed E-state index contributed by atoms with van der Waals surface area (Å²) in [4.78, 5) is 15.3. The normalized spacial score (nSPS) is 21.1. The van der Waals surface area contributed by atoms with Gasteiger partial charge in [0.1, 0.15) is 5.82 Å². The maximum Gasteiger partial charge on any atom is 0.161 e. The summed E-state index contributed by atoms with van der Waals surface area (Å²) in [5.74, 6) is 3.02. The van der Waals surface area contributed by atoms with E-state index in [1.165, 1.54) is 68.6 Å². The number of benzene rings is 1. The van der Waals surface area contributed by atoms with E-state index in [4.69, 9.17) is 9.97 Å². The molecule has 0 atom stereocenters. The largest absolute Gasteiger partial charge is 0.356 e. The van der Waals surface area contributed by atoms with Gasteiger partial charge in [0.15, 0.2) is 5.82 Å². The number of nitrogens with zero attached hydrogens (tertiary/aromatic N) is 4. The summed E-state index contributed by atoms with van der Waals surface area (Å²) in [6.07, 6.45) is 10.8. The third kappa shape index (κ3) is 3.80. The molecule has 4 nitrogen and oxygen atoms in total. The van der Waals surface area contributed by atoms with Crippen LogP contribution in [0.2, 0.25) is 0 Å². The summed E-state index contributed by atoms with van der Waals surface area (Å²) in [5.41, 5.74) is 3.83. The minimum absolute atomic E-state index is 0.898. The monoisotopic (exact) mass is 376 g/mol. The fraction of sp³-hybridized carbons (Fsp3) is 0.583. The highest BCUT2D eigenvalue weighted by molar-refractivity contribution is 5.61. The van der Waals surface area contributed by atoms with Crippen molar-refractivity contribution in [2.24, 2.45) is 5.92 Å². The molecule has 1 aromatic heterocycles. The predicted molar refractivity (Wildman–Crippen MR) is 114 cm³/mol. The first-order valence-corrected chi connectivity index (χ1v) is 11.3. The van der Waals surface area contributed by atoms with E-state index in [9.17, 15) is 0 Å². The second kappa shape index (κ2) is 8.20. The van der Waals surface area contributed by atoms with Gasteiger partial charge in [0.2, 0.25) is 0 Å². The third-order valence-electron chi connectivity index (χ3n) is 6.80. The Balaban J connectivity index is 1.44. The van der Waals surface area contributed by atoms with E-state index in [1.807, 2.05) is 0 Å². The summed E-state index contributed by atoms with van der Waals surface area (Å²) in [5, 5.41) is 0. The van der Waals surface area contributed by atoms with Crippen LogP contribution in [0.3, 0.4) is 0 Å². The van der Waals surface area contributed by atoms with Crippen molar-refractivity contribution in [3.63, 3.8) is 0 Å². The molecule has 4 heteroatoms. The maximum atomic E-state index is 5.11. The average molecular weight is 377 g/mol. The lowest BCUT2D eigenvalue weighted by Crippen LogP contribution is -2.37. The highest BCUT2D eigenvalue weighted by atomic mass is 15.2. The number of hydrogen-bond acceptors (Lipinski definition) is 4. The van der Waals surface area contributed by atoms with Crippen molar-refractivity contribution in [1.82, 2.24) is 14.9 Å². The van der Waals surface area contributed by atoms with E-state index in [-0.39, 0.29) is 0 Å². The van der Waals surface area contributed by atoms with Gasteiger partial charge in [0, 0.05) is 50.3 Å². The van der Waals surface area contributed by atoms with Gasteiger partial charge < -0.3 is 4.90 Å². The van der Waals surface area contributed by atoms with Crippen molar-refractivity contribution in [1.29, 1.82) is 0 Å². The van der Waals surface area contributed by atoms with Crippen molar-refractivity contribution in [3.05, 3.63) is 41.6 Å². The molecule has 0 N–H and O–H groups in total. The molecule has 2 aromatic rings. The molecule has 28 heavy (non-hydrogen) atoms. The molecule has 1 saturated heterocycles. The first kappa shape index (κ1) is 18.1. The van der Waals surface area contributed by atoms with Crippen molar-refractivity contribution in [2.45, 2.75) is 57.9 Å². The summed E-state index contributed by atoms with van der Waals surface area (Å²) < 4.78 is 0. The van der Waals surface area contributed by atoms with Gasteiger partial charge in [-0.05, 0) is 31.6 Å². The second-order valence-corrected chi connectivity index (χ2v) is 8.85. The van der Waals surface area contributed by atoms with Gasteiger partial charge in [-0.15, -0.1) is 0 Å². The lowest BCUT2D eigenvalue weighted by Gasteiger charge is -2.34. The first-order valence-electron chi connectivity index (χ1n) is 11.3. The molecule has 5 rings (SSSR count). The van der Waals surface area contributed by atoms with Gasteiger partial charge in [-0.25, -0.2) is 9.97 Å². The third-order valence-corrected chi connectivity index (χ3v) is 6.80. The van der Waals surface area contributed by atoms with Crippen LogP contribution in [0.4, 0.5) is 5.82 Å². The van der Waals surface area contributed by atoms with Crippen LogP contribution in [0.5, 0.6) is 0 Å². The number of anilines is 1. The fourth-order valence-corrected chi connectivity index (χ4v) is 5.25. The van der Waals surface area contributed by atoms with E-state index >= 15 is 0 Å². The summed E-state index contributed by atoms with van der Waals surface area (Å²) in [7, 11) is 0. The van der Waals surface area contributed by atoms with Gasteiger partial charge in [-0.3, -0.25) is 4.90 Å². The minimum Gasteiger partial charge on any atom is -0.356 e. The van der Waals surface area contributed by atoms with Gasteiger partial charge in [0.05, 0.1) is 5.69 Å². The molecule has 3 aliphatic rings. The molecule has 2 aliphatic heterocycles. The predicted octanol–water partition coefficient (Wildman–Crippen LogP) is 4.68. The van der Waals surface area contributed by atoms with Gasteiger partial charge >= 0.3 is 0 Å². The van der Waals surface area contributed by atoms with E-state index in [1.54, 1.807) is 0 Å². The Hall–Kier alpha value is -1.94. The van der Waals surface area contributed by atoms with Crippen molar-refractivity contribution < 1.29 is 0 Å². The molecule has 0 bridgehead atoms. The molecule has 2 fully saturated rings. The highest BCUT2D eigenvalue weighted by Crippen LogP contribution is 2.33. The van der Waals surface area contributed by atoms with Crippen LogP contribution < -0.4 is 4.90 Å². The summed E-state index contributed by atoms with van der Waals surface area (Å²) in [6.45, 7) is 5.72. The quantitative estimate of drug-likeness (QED) is 0.775. The average Bonchev–Trinajstić information content (AvgIpc) is 3.29. The van der Waals surface area contributed by atoms with Crippen LogP contribution in [0, 0.1) is 5.92 Å². The second-order valence-electron chi connectivity index (χ2n) is 8.85. The van der Waals surface area contributed by atoms with Crippen LogP contribution in [0.1, 0.15) is 56.2 Å². The molecule has 148 valence electrons. The summed E-state index contributed by atoms with van der Waals surface area (Å²) >= 11 is 0. The Morgan fingerprint density at radius 1 is 0.857 bits per heavy atom. The molecule has 1 saturated carbocycles. The molecule has 0 spiro atoms. The Bertz CT molecular complexity index is 792. The van der Waals surface area contributed by atoms with Crippen LogP contribution in [0.25, 0.3) is 11.4 Å². The molecule has 1 aliphatic carbocycles. The standard InChI is InChI=1S/C24H32N4/c1-3-9-19(10-4-1)17-27-16-13-22-21(18-27)24(28-14-7-8-15-28)26-23(25-22)20-11-5-2-6-12-20/h2,5-6,11-12,19H,1,3-4,7-10,13-18H2. The van der Waals surface area contributed by atoms with E-state index in [2.05, 4.69) is 40.1 Å². The molecule has 0 amide bonds. The molecular weight excluding hydrogens is 344 g/mol. The van der Waals surface area contributed by atoms with Crippen LogP contribution >= 0.6 is 0 Å². The van der Waals surface area contributed by atoms with E-state index < -0.39 is 0 Å². The van der Waals surface area contributed by atoms with Gasteiger partial charge in [0.25, 0.3) is 0 Å².